The molecule has 0 aliphatic heterocycles. The van der Waals surface area contributed by atoms with Gasteiger partial charge >= 0.3 is 0 Å². The van der Waals surface area contributed by atoms with Crippen LogP contribution in [0.2, 0.25) is 5.02 Å². The van der Waals surface area contributed by atoms with Crippen LogP contribution in [0.5, 0.6) is 11.5 Å². The quantitative estimate of drug-likeness (QED) is 0.622. The van der Waals surface area contributed by atoms with E-state index in [2.05, 4.69) is 26.2 Å². The van der Waals surface area contributed by atoms with Crippen LogP contribution in [-0.2, 0) is 0 Å². The summed E-state index contributed by atoms with van der Waals surface area (Å²) in [6, 6.07) is 16.1. The highest BCUT2D eigenvalue weighted by Gasteiger charge is 2.12. The highest BCUT2D eigenvalue weighted by Crippen LogP contribution is 2.32. The molecule has 2 aromatic carbocycles. The molecule has 4 nitrogen and oxygen atoms in total. The zero-order valence-corrected chi connectivity index (χ0v) is 14.7. The van der Waals surface area contributed by atoms with Crippen LogP contribution in [0.3, 0.4) is 0 Å². The van der Waals surface area contributed by atoms with Crippen molar-refractivity contribution in [3.63, 3.8) is 0 Å². The van der Waals surface area contributed by atoms with Gasteiger partial charge in [0.25, 0.3) is 5.91 Å². The fourth-order valence-corrected chi connectivity index (χ4v) is 2.57. The van der Waals surface area contributed by atoms with Gasteiger partial charge in [-0.3, -0.25) is 9.78 Å². The molecule has 0 unspecified atom stereocenters. The number of hydrogen-bond donors (Lipinski definition) is 1. The number of nitrogens with one attached hydrogen (secondary N) is 1. The lowest BCUT2D eigenvalue weighted by Gasteiger charge is -2.13. The Morgan fingerprint density at radius 3 is 2.62 bits per heavy atom. The van der Waals surface area contributed by atoms with E-state index in [9.17, 15) is 4.79 Å². The third kappa shape index (κ3) is 4.13. The fourth-order valence-electron chi connectivity index (χ4n) is 2.03. The summed E-state index contributed by atoms with van der Waals surface area (Å²) in [5.41, 5.74) is 0.909. The molecule has 3 rings (SSSR count). The van der Waals surface area contributed by atoms with Gasteiger partial charge in [0.1, 0.15) is 5.75 Å². The molecule has 0 saturated carbocycles. The van der Waals surface area contributed by atoms with Gasteiger partial charge in [-0.2, -0.15) is 0 Å². The minimum Gasteiger partial charge on any atom is -0.455 e. The van der Waals surface area contributed by atoms with Crippen molar-refractivity contribution in [2.75, 3.05) is 5.32 Å². The van der Waals surface area contributed by atoms with E-state index in [1.807, 2.05) is 30.3 Å². The Morgan fingerprint density at radius 1 is 1.08 bits per heavy atom. The lowest BCUT2D eigenvalue weighted by Crippen LogP contribution is -2.12. The molecule has 0 aliphatic rings. The molecule has 0 bridgehead atoms. The Bertz CT molecular complexity index is 872. The van der Waals surface area contributed by atoms with Crippen molar-refractivity contribution in [3.05, 3.63) is 82.0 Å². The summed E-state index contributed by atoms with van der Waals surface area (Å²) in [6.45, 7) is 0. The van der Waals surface area contributed by atoms with E-state index in [1.165, 1.54) is 6.20 Å². The molecule has 0 aliphatic carbocycles. The Balaban J connectivity index is 1.87. The second-order valence-corrected chi connectivity index (χ2v) is 6.25. The van der Waals surface area contributed by atoms with Crippen molar-refractivity contribution in [2.45, 2.75) is 0 Å². The van der Waals surface area contributed by atoms with Crippen LogP contribution in [0.1, 0.15) is 10.4 Å². The van der Waals surface area contributed by atoms with E-state index in [-0.39, 0.29) is 5.91 Å². The second-order valence-electron chi connectivity index (χ2n) is 4.90. The number of rotatable bonds is 4. The Kier molecular flexibility index (Phi) is 5.13. The molecule has 1 aromatic heterocycles. The van der Waals surface area contributed by atoms with Gasteiger partial charge in [0, 0.05) is 21.9 Å². The maximum atomic E-state index is 12.4. The first-order chi connectivity index (χ1) is 11.6. The lowest BCUT2D eigenvalue weighted by molar-refractivity contribution is 0.102. The summed E-state index contributed by atoms with van der Waals surface area (Å²) in [4.78, 5) is 16.4. The minimum atomic E-state index is -0.302. The van der Waals surface area contributed by atoms with E-state index in [0.717, 1.165) is 4.47 Å². The number of amides is 1. The van der Waals surface area contributed by atoms with E-state index in [1.54, 1.807) is 30.5 Å². The molecule has 3 aromatic rings. The number of pyridine rings is 1. The average Bonchev–Trinajstić information content (AvgIpc) is 2.58. The predicted octanol–water partition coefficient (Wildman–Crippen LogP) is 5.54. The van der Waals surface area contributed by atoms with Gasteiger partial charge in [0.15, 0.2) is 5.75 Å². The first-order valence-electron chi connectivity index (χ1n) is 7.06. The first-order valence-corrected chi connectivity index (χ1v) is 8.23. The number of anilines is 1. The molecule has 0 saturated heterocycles. The minimum absolute atomic E-state index is 0.302. The molecule has 0 fully saturated rings. The second kappa shape index (κ2) is 7.47. The van der Waals surface area contributed by atoms with Crippen LogP contribution >= 0.6 is 27.5 Å². The van der Waals surface area contributed by atoms with Crippen molar-refractivity contribution in [3.8, 4) is 11.5 Å². The third-order valence-corrected chi connectivity index (χ3v) is 3.80. The van der Waals surface area contributed by atoms with Crippen LogP contribution in [-0.4, -0.2) is 10.9 Å². The monoisotopic (exact) mass is 402 g/mol. The van der Waals surface area contributed by atoms with Crippen LogP contribution in [0.4, 0.5) is 5.69 Å². The molecule has 0 spiro atoms. The number of ether oxygens (including phenoxy) is 1. The normalized spacial score (nSPS) is 10.2. The summed E-state index contributed by atoms with van der Waals surface area (Å²) in [5.74, 6) is 0.866. The number of carbonyl (C=O) groups is 1. The molecule has 120 valence electrons. The molecule has 1 N–H and O–H groups in total. The topological polar surface area (TPSA) is 51.2 Å². The number of benzene rings is 2. The molecule has 1 amide bonds. The molecule has 0 atom stereocenters. The smallest absolute Gasteiger partial charge is 0.257 e. The van der Waals surface area contributed by atoms with E-state index in [4.69, 9.17) is 16.3 Å². The number of halogens is 2. The number of para-hydroxylation sites is 1. The predicted molar refractivity (Wildman–Crippen MR) is 97.9 cm³/mol. The highest BCUT2D eigenvalue weighted by atomic mass is 79.9. The SMILES string of the molecule is O=C(Nc1cc(Cl)ccc1Oc1ccccc1)c1cncc(Br)c1. The van der Waals surface area contributed by atoms with E-state index in [0.29, 0.717) is 27.8 Å². The number of aromatic nitrogens is 1. The van der Waals surface area contributed by atoms with Crippen molar-refractivity contribution >= 4 is 39.1 Å². The van der Waals surface area contributed by atoms with Crippen LogP contribution in [0, 0.1) is 0 Å². The number of hydrogen-bond acceptors (Lipinski definition) is 3. The molecular formula is C18H12BrClN2O2. The van der Waals surface area contributed by atoms with Crippen molar-refractivity contribution in [1.82, 2.24) is 4.98 Å². The molecule has 6 heteroatoms. The largest absolute Gasteiger partial charge is 0.455 e. The summed E-state index contributed by atoms with van der Waals surface area (Å²) in [7, 11) is 0. The van der Waals surface area contributed by atoms with Gasteiger partial charge in [-0.25, -0.2) is 0 Å². The maximum Gasteiger partial charge on any atom is 0.257 e. The zero-order valence-electron chi connectivity index (χ0n) is 12.4. The summed E-state index contributed by atoms with van der Waals surface area (Å²) in [5, 5.41) is 3.30. The van der Waals surface area contributed by atoms with Gasteiger partial charge in [-0.15, -0.1) is 0 Å². The van der Waals surface area contributed by atoms with Crippen molar-refractivity contribution < 1.29 is 9.53 Å². The Hall–Kier alpha value is -2.37. The number of carbonyl (C=O) groups excluding carboxylic acids is 1. The van der Waals surface area contributed by atoms with Gasteiger partial charge in [-0.1, -0.05) is 29.8 Å². The number of nitrogens with zero attached hydrogens (tertiary/aromatic N) is 1. The van der Waals surface area contributed by atoms with Crippen molar-refractivity contribution in [2.24, 2.45) is 0 Å². The molecule has 24 heavy (non-hydrogen) atoms. The van der Waals surface area contributed by atoms with Gasteiger partial charge < -0.3 is 10.1 Å². The van der Waals surface area contributed by atoms with Gasteiger partial charge in [-0.05, 0) is 52.3 Å². The summed E-state index contributed by atoms with van der Waals surface area (Å²) in [6.07, 6.45) is 3.10. The van der Waals surface area contributed by atoms with Crippen LogP contribution in [0.15, 0.2) is 71.5 Å². The highest BCUT2D eigenvalue weighted by molar-refractivity contribution is 9.10. The first kappa shape index (κ1) is 16.5. The fraction of sp³-hybridized carbons (Fsp3) is 0. The zero-order chi connectivity index (χ0) is 16.9. The maximum absolute atomic E-state index is 12.4. The Labute approximate surface area is 152 Å². The van der Waals surface area contributed by atoms with Gasteiger partial charge in [0.05, 0.1) is 11.3 Å². The van der Waals surface area contributed by atoms with Crippen LogP contribution in [0.25, 0.3) is 0 Å². The van der Waals surface area contributed by atoms with Crippen molar-refractivity contribution in [1.29, 1.82) is 0 Å². The molecule has 1 heterocycles. The van der Waals surface area contributed by atoms with Gasteiger partial charge in [0.2, 0.25) is 0 Å². The Morgan fingerprint density at radius 2 is 1.88 bits per heavy atom. The summed E-state index contributed by atoms with van der Waals surface area (Å²) < 4.78 is 6.55. The third-order valence-electron chi connectivity index (χ3n) is 3.13. The van der Waals surface area contributed by atoms with Crippen LogP contribution < -0.4 is 10.1 Å². The molecule has 0 radical (unpaired) electrons. The van der Waals surface area contributed by atoms with E-state index >= 15 is 0 Å². The average molecular weight is 404 g/mol. The van der Waals surface area contributed by atoms with E-state index < -0.39 is 0 Å². The molecular weight excluding hydrogens is 392 g/mol. The standard InChI is InChI=1S/C18H12BrClN2O2/c19-13-8-12(10-21-11-13)18(23)22-16-9-14(20)6-7-17(16)24-15-4-2-1-3-5-15/h1-11H,(H,22,23). The summed E-state index contributed by atoms with van der Waals surface area (Å²) >= 11 is 9.35. The lowest BCUT2D eigenvalue weighted by atomic mass is 10.2.